The number of hydrogen-bond acceptors (Lipinski definition) is 1. The van der Waals surface area contributed by atoms with Gasteiger partial charge in [0, 0.05) is 18.4 Å². The van der Waals surface area contributed by atoms with Crippen molar-refractivity contribution in [3.8, 4) is 0 Å². The molecule has 0 saturated heterocycles. The summed E-state index contributed by atoms with van der Waals surface area (Å²) < 4.78 is 25.7. The molecule has 2 saturated carbocycles. The van der Waals surface area contributed by atoms with Crippen molar-refractivity contribution in [2.24, 2.45) is 11.7 Å². The van der Waals surface area contributed by atoms with Crippen LogP contribution < -0.4 is 5.73 Å². The third-order valence-electron chi connectivity index (χ3n) is 3.81. The zero-order valence-corrected chi connectivity index (χ0v) is 7.86. The van der Waals surface area contributed by atoms with Gasteiger partial charge in [-0.3, -0.25) is 0 Å². The first kappa shape index (κ1) is 9.38. The SMILES string of the molecule is NC1(C2CCC(F)(F)CC2)CCC1. The van der Waals surface area contributed by atoms with Crippen LogP contribution in [0.5, 0.6) is 0 Å². The van der Waals surface area contributed by atoms with Crippen LogP contribution in [0.15, 0.2) is 0 Å². The lowest BCUT2D eigenvalue weighted by Crippen LogP contribution is -2.54. The predicted octanol–water partition coefficient (Wildman–Crippen LogP) is 2.69. The van der Waals surface area contributed by atoms with E-state index in [0.717, 1.165) is 12.8 Å². The van der Waals surface area contributed by atoms with Gasteiger partial charge in [0.15, 0.2) is 0 Å². The average Bonchev–Trinajstić information content (AvgIpc) is 2.00. The molecule has 2 rings (SSSR count). The minimum Gasteiger partial charge on any atom is -0.325 e. The zero-order chi connectivity index (χ0) is 9.53. The maximum Gasteiger partial charge on any atom is 0.248 e. The molecule has 3 heteroatoms. The molecule has 2 aliphatic carbocycles. The first-order valence-electron chi connectivity index (χ1n) is 5.19. The molecule has 0 unspecified atom stereocenters. The number of hydrogen-bond donors (Lipinski definition) is 1. The largest absolute Gasteiger partial charge is 0.325 e. The summed E-state index contributed by atoms with van der Waals surface area (Å²) >= 11 is 0. The van der Waals surface area contributed by atoms with E-state index in [1.165, 1.54) is 6.42 Å². The van der Waals surface area contributed by atoms with E-state index in [-0.39, 0.29) is 18.4 Å². The van der Waals surface area contributed by atoms with E-state index >= 15 is 0 Å². The second-order valence-electron chi connectivity index (χ2n) is 4.72. The molecule has 0 aromatic rings. The predicted molar refractivity (Wildman–Crippen MR) is 47.7 cm³/mol. The van der Waals surface area contributed by atoms with E-state index in [4.69, 9.17) is 5.73 Å². The summed E-state index contributed by atoms with van der Waals surface area (Å²) in [5.74, 6) is -2.04. The molecule has 0 radical (unpaired) electrons. The van der Waals surface area contributed by atoms with Crippen LogP contribution in [0.2, 0.25) is 0 Å². The number of nitrogens with two attached hydrogens (primary N) is 1. The molecule has 2 N–H and O–H groups in total. The van der Waals surface area contributed by atoms with Gasteiger partial charge in [0.1, 0.15) is 0 Å². The Morgan fingerprint density at radius 2 is 1.54 bits per heavy atom. The smallest absolute Gasteiger partial charge is 0.248 e. The molecule has 0 aromatic carbocycles. The van der Waals surface area contributed by atoms with Crippen molar-refractivity contribution < 1.29 is 8.78 Å². The van der Waals surface area contributed by atoms with Crippen molar-refractivity contribution in [3.63, 3.8) is 0 Å². The van der Waals surface area contributed by atoms with Gasteiger partial charge in [0.05, 0.1) is 0 Å². The Balaban J connectivity index is 1.91. The van der Waals surface area contributed by atoms with Gasteiger partial charge < -0.3 is 5.73 Å². The Morgan fingerprint density at radius 3 is 1.92 bits per heavy atom. The highest BCUT2D eigenvalue weighted by Crippen LogP contribution is 2.46. The fourth-order valence-corrected chi connectivity index (χ4v) is 2.61. The minimum absolute atomic E-state index is 0.0522. The van der Waals surface area contributed by atoms with Gasteiger partial charge in [0.2, 0.25) is 5.92 Å². The lowest BCUT2D eigenvalue weighted by Gasteiger charge is -2.47. The van der Waals surface area contributed by atoms with Crippen LogP contribution in [0.4, 0.5) is 8.78 Å². The molecule has 76 valence electrons. The van der Waals surface area contributed by atoms with Crippen molar-refractivity contribution in [2.45, 2.75) is 56.4 Å². The summed E-state index contributed by atoms with van der Waals surface area (Å²) in [6.45, 7) is 0. The van der Waals surface area contributed by atoms with Gasteiger partial charge in [-0.15, -0.1) is 0 Å². The molecule has 1 nitrogen and oxygen atoms in total. The molecular formula is C10H17F2N. The molecule has 0 heterocycles. The van der Waals surface area contributed by atoms with Gasteiger partial charge >= 0.3 is 0 Å². The van der Waals surface area contributed by atoms with Gasteiger partial charge in [-0.05, 0) is 38.0 Å². The standard InChI is InChI=1S/C10H17F2N/c11-10(12)6-2-8(3-7-10)9(13)4-1-5-9/h8H,1-7,13H2. The van der Waals surface area contributed by atoms with Crippen LogP contribution in [0.25, 0.3) is 0 Å². The maximum atomic E-state index is 12.8. The highest BCUT2D eigenvalue weighted by Gasteiger charge is 2.45. The second-order valence-corrected chi connectivity index (χ2v) is 4.72. The van der Waals surface area contributed by atoms with Crippen LogP contribution in [-0.2, 0) is 0 Å². The lowest BCUT2D eigenvalue weighted by atomic mass is 9.64. The first-order valence-corrected chi connectivity index (χ1v) is 5.19. The van der Waals surface area contributed by atoms with Crippen molar-refractivity contribution in [3.05, 3.63) is 0 Å². The molecule has 13 heavy (non-hydrogen) atoms. The summed E-state index contributed by atoms with van der Waals surface area (Å²) in [4.78, 5) is 0. The summed E-state index contributed by atoms with van der Waals surface area (Å²) in [6, 6.07) is 0. The number of halogens is 2. The van der Waals surface area contributed by atoms with Crippen molar-refractivity contribution >= 4 is 0 Å². The molecule has 0 bridgehead atoms. The Morgan fingerprint density at radius 1 is 1.00 bits per heavy atom. The normalized spacial score (nSPS) is 32.5. The van der Waals surface area contributed by atoms with Gasteiger partial charge in [-0.1, -0.05) is 0 Å². The Hall–Kier alpha value is -0.180. The molecule has 0 aromatic heterocycles. The summed E-state index contributed by atoms with van der Waals surface area (Å²) in [6.07, 6.45) is 4.64. The van der Waals surface area contributed by atoms with Crippen LogP contribution in [-0.4, -0.2) is 11.5 Å². The zero-order valence-electron chi connectivity index (χ0n) is 7.86. The summed E-state index contributed by atoms with van der Waals surface area (Å²) in [5.41, 5.74) is 6.05. The third-order valence-corrected chi connectivity index (χ3v) is 3.81. The molecule has 0 amide bonds. The van der Waals surface area contributed by atoms with Gasteiger partial charge in [0.25, 0.3) is 0 Å². The van der Waals surface area contributed by atoms with Crippen molar-refractivity contribution in [2.75, 3.05) is 0 Å². The van der Waals surface area contributed by atoms with Gasteiger partial charge in [-0.2, -0.15) is 0 Å². The van der Waals surface area contributed by atoms with Crippen LogP contribution in [0.1, 0.15) is 44.9 Å². The molecule has 2 fully saturated rings. The highest BCUT2D eigenvalue weighted by molar-refractivity contribution is 5.00. The van der Waals surface area contributed by atoms with Crippen LogP contribution >= 0.6 is 0 Å². The fourth-order valence-electron chi connectivity index (χ4n) is 2.61. The molecule has 0 atom stereocenters. The molecular weight excluding hydrogens is 172 g/mol. The Labute approximate surface area is 77.7 Å². The topological polar surface area (TPSA) is 26.0 Å². The summed E-state index contributed by atoms with van der Waals surface area (Å²) in [5, 5.41) is 0. The summed E-state index contributed by atoms with van der Waals surface area (Å²) in [7, 11) is 0. The van der Waals surface area contributed by atoms with E-state index in [2.05, 4.69) is 0 Å². The van der Waals surface area contributed by atoms with Crippen LogP contribution in [0.3, 0.4) is 0 Å². The van der Waals surface area contributed by atoms with Gasteiger partial charge in [-0.25, -0.2) is 8.78 Å². The van der Waals surface area contributed by atoms with Crippen LogP contribution in [0, 0.1) is 5.92 Å². The fraction of sp³-hybridized carbons (Fsp3) is 1.00. The molecule has 2 aliphatic rings. The number of rotatable bonds is 1. The minimum atomic E-state index is -2.41. The first-order chi connectivity index (χ1) is 6.02. The monoisotopic (exact) mass is 189 g/mol. The van der Waals surface area contributed by atoms with E-state index in [0.29, 0.717) is 18.8 Å². The lowest BCUT2D eigenvalue weighted by molar-refractivity contribution is -0.0610. The Kier molecular flexibility index (Phi) is 2.10. The quantitative estimate of drug-likeness (QED) is 0.674. The van der Waals surface area contributed by atoms with E-state index in [1.54, 1.807) is 0 Å². The molecule has 0 aliphatic heterocycles. The molecule has 0 spiro atoms. The van der Waals surface area contributed by atoms with E-state index in [1.807, 2.05) is 0 Å². The Bertz CT molecular complexity index is 189. The second kappa shape index (κ2) is 2.91. The van der Waals surface area contributed by atoms with Crippen molar-refractivity contribution in [1.29, 1.82) is 0 Å². The maximum absolute atomic E-state index is 12.8. The highest BCUT2D eigenvalue weighted by atomic mass is 19.3. The van der Waals surface area contributed by atoms with Crippen molar-refractivity contribution in [1.82, 2.24) is 0 Å². The average molecular weight is 189 g/mol. The third kappa shape index (κ3) is 1.71. The van der Waals surface area contributed by atoms with E-state index < -0.39 is 5.92 Å². The number of alkyl halides is 2. The van der Waals surface area contributed by atoms with E-state index in [9.17, 15) is 8.78 Å².